The lowest BCUT2D eigenvalue weighted by Gasteiger charge is -2.08. The van der Waals surface area contributed by atoms with E-state index in [1.165, 1.54) is 23.6 Å². The van der Waals surface area contributed by atoms with Gasteiger partial charge in [0.25, 0.3) is 0 Å². The lowest BCUT2D eigenvalue weighted by atomic mass is 10.1. The van der Waals surface area contributed by atoms with Crippen molar-refractivity contribution in [3.8, 4) is 0 Å². The molecule has 2 nitrogen and oxygen atoms in total. The average Bonchev–Trinajstić information content (AvgIpc) is 2.86. The Balaban J connectivity index is 1.72. The average molecular weight is 270 g/mol. The lowest BCUT2D eigenvalue weighted by molar-refractivity contribution is 0.754. The maximum Gasteiger partial charge on any atom is 0.161 e. The van der Waals surface area contributed by atoms with E-state index in [4.69, 9.17) is 0 Å². The van der Waals surface area contributed by atoms with Crippen LogP contribution >= 0.6 is 11.8 Å². The van der Waals surface area contributed by atoms with Gasteiger partial charge in [-0.3, -0.25) is 4.99 Å². The molecule has 1 atom stereocenters. The zero-order valence-electron chi connectivity index (χ0n) is 11.1. The van der Waals surface area contributed by atoms with Crippen LogP contribution in [0.5, 0.6) is 0 Å². The van der Waals surface area contributed by atoms with Crippen LogP contribution in [0.2, 0.25) is 0 Å². The normalized spacial score (nSPS) is 18.6. The molecule has 0 fully saturated rings. The number of nitrogens with zero attached hydrogens (tertiary/aromatic N) is 1. The van der Waals surface area contributed by atoms with Crippen molar-refractivity contribution < 1.29 is 0 Å². The van der Waals surface area contributed by atoms with Gasteiger partial charge in [-0.2, -0.15) is 0 Å². The van der Waals surface area contributed by atoms with Crippen molar-refractivity contribution in [1.82, 2.24) is 0 Å². The molecule has 1 unspecified atom stereocenters. The molecule has 0 amide bonds. The highest BCUT2D eigenvalue weighted by molar-refractivity contribution is 8.15. The molecular formula is C16H18N2S. The standard InChI is InChI=1S/C16H18N2S/c1-2-5-15-11-17-16(19-15)18-14-9-8-12-6-3-4-7-13(12)10-14/h3-4,6-10,15H,2,5,11H2,1H3,(H,17,18). The number of amidine groups is 1. The number of anilines is 1. The van der Waals surface area contributed by atoms with Crippen molar-refractivity contribution in [2.75, 3.05) is 11.9 Å². The summed E-state index contributed by atoms with van der Waals surface area (Å²) in [6.45, 7) is 3.18. The van der Waals surface area contributed by atoms with E-state index in [1.807, 2.05) is 11.8 Å². The zero-order chi connectivity index (χ0) is 13.1. The van der Waals surface area contributed by atoms with Crippen LogP contribution in [0.15, 0.2) is 47.5 Å². The number of hydrogen-bond acceptors (Lipinski definition) is 3. The van der Waals surface area contributed by atoms with Crippen molar-refractivity contribution in [2.24, 2.45) is 4.99 Å². The van der Waals surface area contributed by atoms with E-state index < -0.39 is 0 Å². The van der Waals surface area contributed by atoms with E-state index in [0.717, 1.165) is 17.4 Å². The molecule has 0 saturated carbocycles. The Morgan fingerprint density at radius 2 is 2.05 bits per heavy atom. The van der Waals surface area contributed by atoms with E-state index >= 15 is 0 Å². The van der Waals surface area contributed by atoms with Crippen molar-refractivity contribution in [1.29, 1.82) is 0 Å². The monoisotopic (exact) mass is 270 g/mol. The van der Waals surface area contributed by atoms with Gasteiger partial charge in [0.15, 0.2) is 5.17 Å². The number of hydrogen-bond donors (Lipinski definition) is 1. The van der Waals surface area contributed by atoms with Crippen LogP contribution in [-0.2, 0) is 0 Å². The molecule has 19 heavy (non-hydrogen) atoms. The highest BCUT2D eigenvalue weighted by Crippen LogP contribution is 2.27. The molecule has 0 radical (unpaired) electrons. The second-order valence-corrected chi connectivity index (χ2v) is 6.15. The highest BCUT2D eigenvalue weighted by Gasteiger charge is 2.18. The number of fused-ring (bicyclic) bond motifs is 1. The van der Waals surface area contributed by atoms with E-state index in [0.29, 0.717) is 5.25 Å². The van der Waals surface area contributed by atoms with Gasteiger partial charge in [-0.1, -0.05) is 55.4 Å². The Hall–Kier alpha value is -1.48. The number of rotatable bonds is 3. The van der Waals surface area contributed by atoms with Crippen LogP contribution in [0.4, 0.5) is 5.69 Å². The minimum atomic E-state index is 0.660. The summed E-state index contributed by atoms with van der Waals surface area (Å²) in [6, 6.07) is 14.9. The molecular weight excluding hydrogens is 252 g/mol. The molecule has 1 aliphatic heterocycles. The molecule has 2 aromatic carbocycles. The third-order valence-electron chi connectivity index (χ3n) is 3.33. The first-order valence-corrected chi connectivity index (χ1v) is 7.70. The van der Waals surface area contributed by atoms with E-state index in [-0.39, 0.29) is 0 Å². The Labute approximate surface area is 118 Å². The molecule has 1 N–H and O–H groups in total. The van der Waals surface area contributed by atoms with Gasteiger partial charge in [0.05, 0.1) is 6.54 Å². The van der Waals surface area contributed by atoms with E-state index in [2.05, 4.69) is 59.7 Å². The topological polar surface area (TPSA) is 24.4 Å². The first-order valence-electron chi connectivity index (χ1n) is 6.82. The molecule has 0 aliphatic carbocycles. The third-order valence-corrected chi connectivity index (χ3v) is 4.50. The quantitative estimate of drug-likeness (QED) is 0.886. The maximum absolute atomic E-state index is 4.58. The number of benzene rings is 2. The molecule has 98 valence electrons. The van der Waals surface area contributed by atoms with Crippen molar-refractivity contribution in [2.45, 2.75) is 25.0 Å². The predicted octanol–water partition coefficient (Wildman–Crippen LogP) is 4.52. The summed E-state index contributed by atoms with van der Waals surface area (Å²) in [5.41, 5.74) is 1.13. The van der Waals surface area contributed by atoms with Gasteiger partial charge < -0.3 is 5.32 Å². The molecule has 1 aliphatic rings. The lowest BCUT2D eigenvalue weighted by Crippen LogP contribution is -2.07. The number of nitrogens with one attached hydrogen (secondary N) is 1. The minimum Gasteiger partial charge on any atom is -0.335 e. The van der Waals surface area contributed by atoms with Crippen LogP contribution in [-0.4, -0.2) is 17.0 Å². The molecule has 0 spiro atoms. The molecule has 3 rings (SSSR count). The second kappa shape index (κ2) is 5.66. The molecule has 0 saturated heterocycles. The van der Waals surface area contributed by atoms with Gasteiger partial charge >= 0.3 is 0 Å². The number of thioether (sulfide) groups is 1. The zero-order valence-corrected chi connectivity index (χ0v) is 11.9. The van der Waals surface area contributed by atoms with Crippen LogP contribution < -0.4 is 5.32 Å². The van der Waals surface area contributed by atoms with Gasteiger partial charge in [0.1, 0.15) is 0 Å². The summed E-state index contributed by atoms with van der Waals surface area (Å²) in [6.07, 6.45) is 2.48. The highest BCUT2D eigenvalue weighted by atomic mass is 32.2. The predicted molar refractivity (Wildman–Crippen MR) is 86.2 cm³/mol. The summed E-state index contributed by atoms with van der Waals surface area (Å²) in [5, 5.41) is 7.70. The van der Waals surface area contributed by atoms with E-state index in [1.54, 1.807) is 0 Å². The van der Waals surface area contributed by atoms with Gasteiger partial charge in [0, 0.05) is 10.9 Å². The summed E-state index contributed by atoms with van der Waals surface area (Å²) in [5.74, 6) is 0. The SMILES string of the molecule is CCCC1CN=C(Nc2ccc3ccccc3c2)S1. The second-order valence-electron chi connectivity index (χ2n) is 4.86. The first kappa shape index (κ1) is 12.5. The molecule has 0 aromatic heterocycles. The van der Waals surface area contributed by atoms with E-state index in [9.17, 15) is 0 Å². The summed E-state index contributed by atoms with van der Waals surface area (Å²) >= 11 is 1.87. The van der Waals surface area contributed by atoms with Gasteiger partial charge in [0.2, 0.25) is 0 Å². The fraction of sp³-hybridized carbons (Fsp3) is 0.312. The molecule has 1 heterocycles. The Bertz CT molecular complexity index is 606. The Kier molecular flexibility index (Phi) is 3.74. The van der Waals surface area contributed by atoms with Crippen LogP contribution in [0.25, 0.3) is 10.8 Å². The minimum absolute atomic E-state index is 0.660. The fourth-order valence-corrected chi connectivity index (χ4v) is 3.49. The third kappa shape index (κ3) is 2.92. The van der Waals surface area contributed by atoms with Crippen molar-refractivity contribution >= 4 is 33.4 Å². The van der Waals surface area contributed by atoms with Crippen molar-refractivity contribution in [3.05, 3.63) is 42.5 Å². The van der Waals surface area contributed by atoms with Gasteiger partial charge in [-0.25, -0.2) is 0 Å². The summed E-state index contributed by atoms with van der Waals surface area (Å²) in [7, 11) is 0. The van der Waals surface area contributed by atoms with Gasteiger partial charge in [-0.05, 0) is 29.3 Å². The largest absolute Gasteiger partial charge is 0.335 e. The smallest absolute Gasteiger partial charge is 0.161 e. The fourth-order valence-electron chi connectivity index (χ4n) is 2.35. The molecule has 3 heteroatoms. The van der Waals surface area contributed by atoms with Crippen LogP contribution in [0.3, 0.4) is 0 Å². The maximum atomic E-state index is 4.58. The van der Waals surface area contributed by atoms with Crippen LogP contribution in [0.1, 0.15) is 19.8 Å². The first-order chi connectivity index (χ1) is 9.35. The Morgan fingerprint density at radius 1 is 1.21 bits per heavy atom. The van der Waals surface area contributed by atoms with Crippen molar-refractivity contribution in [3.63, 3.8) is 0 Å². The molecule has 2 aromatic rings. The van der Waals surface area contributed by atoms with Gasteiger partial charge in [-0.15, -0.1) is 0 Å². The Morgan fingerprint density at radius 3 is 2.89 bits per heavy atom. The molecule has 0 bridgehead atoms. The summed E-state index contributed by atoms with van der Waals surface area (Å²) in [4.78, 5) is 4.58. The number of aliphatic imine (C=N–C) groups is 1. The van der Waals surface area contributed by atoms with Crippen LogP contribution in [0, 0.1) is 0 Å². The summed E-state index contributed by atoms with van der Waals surface area (Å²) < 4.78 is 0.